The molecule has 9 nitrogen and oxygen atoms in total. The summed E-state index contributed by atoms with van der Waals surface area (Å²) < 4.78 is 54.1. The summed E-state index contributed by atoms with van der Waals surface area (Å²) in [6.07, 6.45) is 0. The zero-order valence-corrected chi connectivity index (χ0v) is 19.5. The number of hydrogen-bond acceptors (Lipinski definition) is 7. The molecule has 0 radical (unpaired) electrons. The number of sulfonamides is 1. The topological polar surface area (TPSA) is 130 Å². The minimum Gasteiger partial charge on any atom is -0.357 e. The Bertz CT molecular complexity index is 1370. The maximum Gasteiger partial charge on any atom is 0.268 e. The summed E-state index contributed by atoms with van der Waals surface area (Å²) in [6, 6.07) is 9.94. The van der Waals surface area contributed by atoms with E-state index in [-0.39, 0.29) is 26.4 Å². The molecule has 0 aliphatic carbocycles. The molecule has 0 unspecified atom stereocenters. The van der Waals surface area contributed by atoms with Crippen molar-refractivity contribution in [2.24, 2.45) is 10.2 Å². The van der Waals surface area contributed by atoms with E-state index in [9.17, 15) is 16.8 Å². The monoisotopic (exact) mass is 504 g/mol. The smallest absolute Gasteiger partial charge is 0.268 e. The fourth-order valence-corrected chi connectivity index (χ4v) is 4.81. The molecule has 2 N–H and O–H groups in total. The Kier molecular flexibility index (Phi) is 7.04. The van der Waals surface area contributed by atoms with Gasteiger partial charge < -0.3 is 4.98 Å². The first-order chi connectivity index (χ1) is 14.5. The third-order valence-electron chi connectivity index (χ3n) is 4.25. The van der Waals surface area contributed by atoms with Crippen LogP contribution in [-0.4, -0.2) is 34.3 Å². The van der Waals surface area contributed by atoms with Gasteiger partial charge in [0.2, 0.25) is 10.0 Å². The van der Waals surface area contributed by atoms with Crippen molar-refractivity contribution in [2.75, 3.05) is 12.5 Å². The van der Waals surface area contributed by atoms with Gasteiger partial charge in [0.1, 0.15) is 23.0 Å². The molecule has 3 aromatic rings. The van der Waals surface area contributed by atoms with Crippen LogP contribution < -0.4 is 4.72 Å². The normalized spacial score (nSPS) is 12.8. The molecule has 31 heavy (non-hydrogen) atoms. The Balaban J connectivity index is 1.86. The van der Waals surface area contributed by atoms with Gasteiger partial charge in [0.25, 0.3) is 10.1 Å². The third-order valence-corrected chi connectivity index (χ3v) is 7.58. The quantitative estimate of drug-likeness (QED) is 0.258. The van der Waals surface area contributed by atoms with Gasteiger partial charge >= 0.3 is 0 Å². The van der Waals surface area contributed by atoms with E-state index in [0.717, 1.165) is 22.7 Å². The summed E-state index contributed by atoms with van der Waals surface area (Å²) in [6.45, 7) is 2.45. The zero-order chi connectivity index (χ0) is 22.8. The highest BCUT2D eigenvalue weighted by atomic mass is 35.5. The number of rotatable bonds is 8. The fraction of sp³-hybridized carbons (Fsp3) is 0.222. The number of aromatic amines is 1. The lowest BCUT2D eigenvalue weighted by atomic mass is 10.2. The molecule has 0 aliphatic rings. The summed E-state index contributed by atoms with van der Waals surface area (Å²) in [4.78, 5) is 2.85. The van der Waals surface area contributed by atoms with Crippen molar-refractivity contribution in [3.05, 3.63) is 52.1 Å². The summed E-state index contributed by atoms with van der Waals surface area (Å²) in [5, 5.41) is 9.06. The molecule has 2 aromatic carbocycles. The first-order valence-electron chi connectivity index (χ1n) is 8.89. The van der Waals surface area contributed by atoms with Crippen LogP contribution in [0.1, 0.15) is 12.6 Å². The van der Waals surface area contributed by atoms with Crippen molar-refractivity contribution in [3.8, 4) is 0 Å². The SMILES string of the molecule is CCS(=O)(=O)OCNS(=O)(=O)c1cc(Cl)c(N=Nc2c(C)[nH]c3ccccc23)cc1Cl. The van der Waals surface area contributed by atoms with E-state index in [1.165, 1.54) is 13.0 Å². The van der Waals surface area contributed by atoms with Crippen LogP contribution >= 0.6 is 23.2 Å². The molecular formula is C18H18Cl2N4O5S2. The van der Waals surface area contributed by atoms with Gasteiger partial charge in [-0.15, -0.1) is 10.2 Å². The van der Waals surface area contributed by atoms with Crippen molar-refractivity contribution in [3.63, 3.8) is 0 Å². The Labute approximate surface area is 189 Å². The number of halogens is 2. The van der Waals surface area contributed by atoms with E-state index in [1.807, 2.05) is 35.9 Å². The predicted octanol–water partition coefficient (Wildman–Crippen LogP) is 4.80. The Hall–Kier alpha value is -2.02. The van der Waals surface area contributed by atoms with Gasteiger partial charge in [0, 0.05) is 16.6 Å². The molecule has 3 rings (SSSR count). The number of para-hydroxylation sites is 1. The van der Waals surface area contributed by atoms with E-state index in [0.29, 0.717) is 5.69 Å². The highest BCUT2D eigenvalue weighted by molar-refractivity contribution is 7.89. The minimum absolute atomic E-state index is 0.00637. The maximum atomic E-state index is 12.4. The van der Waals surface area contributed by atoms with Gasteiger partial charge in [-0.05, 0) is 32.0 Å². The number of fused-ring (bicyclic) bond motifs is 1. The second-order valence-electron chi connectivity index (χ2n) is 6.33. The number of hydrogen-bond donors (Lipinski definition) is 2. The Morgan fingerprint density at radius 1 is 1.06 bits per heavy atom. The van der Waals surface area contributed by atoms with Crippen LogP contribution in [0.2, 0.25) is 10.0 Å². The van der Waals surface area contributed by atoms with E-state index in [1.54, 1.807) is 0 Å². The molecule has 0 saturated carbocycles. The summed E-state index contributed by atoms with van der Waals surface area (Å²) >= 11 is 12.3. The molecular weight excluding hydrogens is 487 g/mol. The van der Waals surface area contributed by atoms with Crippen molar-refractivity contribution in [1.29, 1.82) is 0 Å². The first-order valence-corrected chi connectivity index (χ1v) is 12.7. The molecule has 0 amide bonds. The summed E-state index contributed by atoms with van der Waals surface area (Å²) in [5.74, 6) is -0.295. The molecule has 0 aliphatic heterocycles. The summed E-state index contributed by atoms with van der Waals surface area (Å²) in [7, 11) is -8.00. The van der Waals surface area contributed by atoms with Crippen LogP contribution in [0.25, 0.3) is 10.9 Å². The average Bonchev–Trinajstić information content (AvgIpc) is 3.03. The molecule has 13 heteroatoms. The number of azo groups is 1. The second kappa shape index (κ2) is 9.23. The third kappa shape index (κ3) is 5.43. The molecule has 166 valence electrons. The van der Waals surface area contributed by atoms with E-state index in [2.05, 4.69) is 19.4 Å². The number of nitrogens with zero attached hydrogens (tertiary/aromatic N) is 2. The minimum atomic E-state index is -4.19. The number of benzene rings is 2. The molecule has 1 heterocycles. The van der Waals surface area contributed by atoms with E-state index >= 15 is 0 Å². The van der Waals surface area contributed by atoms with Gasteiger partial charge in [0.15, 0.2) is 0 Å². The van der Waals surface area contributed by atoms with Crippen LogP contribution in [0.5, 0.6) is 0 Å². The summed E-state index contributed by atoms with van der Waals surface area (Å²) in [5.41, 5.74) is 2.49. The lowest BCUT2D eigenvalue weighted by molar-refractivity contribution is 0.313. The molecule has 0 fully saturated rings. The van der Waals surface area contributed by atoms with Crippen LogP contribution in [-0.2, 0) is 24.3 Å². The Morgan fingerprint density at radius 3 is 2.48 bits per heavy atom. The van der Waals surface area contributed by atoms with Crippen molar-refractivity contribution < 1.29 is 21.0 Å². The largest absolute Gasteiger partial charge is 0.357 e. The van der Waals surface area contributed by atoms with Crippen LogP contribution in [0.15, 0.2) is 51.5 Å². The standard InChI is InChI=1S/C18H18Cl2N4O5S2/c1-3-30(25,26)29-10-21-31(27,28)17-9-13(19)16(8-14(17)20)23-24-18-11(2)22-15-7-5-4-6-12(15)18/h4-9,21-22H,3,10H2,1-2H3. The highest BCUT2D eigenvalue weighted by Crippen LogP contribution is 2.36. The van der Waals surface area contributed by atoms with Crippen molar-refractivity contribution in [2.45, 2.75) is 18.7 Å². The lowest BCUT2D eigenvalue weighted by Gasteiger charge is -2.10. The van der Waals surface area contributed by atoms with Gasteiger partial charge in [0.05, 0.1) is 15.8 Å². The number of H-pyrrole nitrogens is 1. The fourth-order valence-electron chi connectivity index (χ4n) is 2.65. The molecule has 0 atom stereocenters. The number of aryl methyl sites for hydroxylation is 1. The zero-order valence-electron chi connectivity index (χ0n) is 16.4. The van der Waals surface area contributed by atoms with Crippen LogP contribution in [0.3, 0.4) is 0 Å². The van der Waals surface area contributed by atoms with Crippen molar-refractivity contribution >= 4 is 65.6 Å². The van der Waals surface area contributed by atoms with Gasteiger partial charge in [-0.1, -0.05) is 41.4 Å². The van der Waals surface area contributed by atoms with Gasteiger partial charge in [-0.2, -0.15) is 13.1 Å². The van der Waals surface area contributed by atoms with Gasteiger partial charge in [-0.25, -0.2) is 8.42 Å². The van der Waals surface area contributed by atoms with Crippen LogP contribution in [0.4, 0.5) is 11.4 Å². The van der Waals surface area contributed by atoms with E-state index < -0.39 is 26.9 Å². The molecule has 1 aromatic heterocycles. The lowest BCUT2D eigenvalue weighted by Crippen LogP contribution is -2.28. The molecule has 0 spiro atoms. The second-order valence-corrected chi connectivity index (χ2v) is 10.8. The van der Waals surface area contributed by atoms with Gasteiger partial charge in [-0.3, -0.25) is 4.18 Å². The number of aromatic nitrogens is 1. The van der Waals surface area contributed by atoms with Crippen LogP contribution in [0, 0.1) is 6.92 Å². The first kappa shape index (κ1) is 23.6. The highest BCUT2D eigenvalue weighted by Gasteiger charge is 2.21. The molecule has 0 bridgehead atoms. The predicted molar refractivity (Wildman–Crippen MR) is 119 cm³/mol. The average molecular weight is 505 g/mol. The van der Waals surface area contributed by atoms with E-state index in [4.69, 9.17) is 23.2 Å². The molecule has 0 saturated heterocycles. The Morgan fingerprint density at radius 2 is 1.77 bits per heavy atom. The number of nitrogens with one attached hydrogen (secondary N) is 2. The van der Waals surface area contributed by atoms with Crippen molar-refractivity contribution in [1.82, 2.24) is 9.71 Å². The maximum absolute atomic E-state index is 12.4.